The number of rotatable bonds is 23. The van der Waals surface area contributed by atoms with Crippen molar-refractivity contribution >= 4 is 29.4 Å². The quantitative estimate of drug-likeness (QED) is 0.0518. The summed E-state index contributed by atoms with van der Waals surface area (Å²) in [7, 11) is 0. The first-order chi connectivity index (χ1) is 33.2. The van der Waals surface area contributed by atoms with Gasteiger partial charge in [0, 0.05) is 13.8 Å². The van der Waals surface area contributed by atoms with E-state index in [0.717, 1.165) is 27.8 Å². The van der Waals surface area contributed by atoms with Crippen LogP contribution in [0.3, 0.4) is 0 Å². The van der Waals surface area contributed by atoms with Gasteiger partial charge in [0.15, 0.2) is 24.8 Å². The third-order valence-corrected chi connectivity index (χ3v) is 11.4. The SMILES string of the molecule is CC(=O)N[C@H]1[C@@H](OCc2ccccc2)O[C@H](COCc2ccccc2)[C@@H](OCc2ccccc2)[C@@H]1O[C@@H]1O[C@H](COCc2ccccc2)[C@H](OCc2ccccc2)[C@H](OC(=O)CCl)[C@H]1OC(C)=O. The molecule has 1 N–H and O–H groups in total. The molecular formula is C53H58ClNO13. The molecule has 7 rings (SSSR count). The van der Waals surface area contributed by atoms with Crippen molar-refractivity contribution in [2.24, 2.45) is 0 Å². The van der Waals surface area contributed by atoms with Crippen molar-refractivity contribution in [3.8, 4) is 0 Å². The highest BCUT2D eigenvalue weighted by Crippen LogP contribution is 2.36. The molecule has 0 unspecified atom stereocenters. The van der Waals surface area contributed by atoms with Gasteiger partial charge in [-0.1, -0.05) is 152 Å². The fourth-order valence-electron chi connectivity index (χ4n) is 8.06. The van der Waals surface area contributed by atoms with Crippen LogP contribution in [0.5, 0.6) is 0 Å². The van der Waals surface area contributed by atoms with Gasteiger partial charge in [0.1, 0.15) is 42.4 Å². The number of hydrogen-bond acceptors (Lipinski definition) is 13. The molecule has 2 saturated heterocycles. The van der Waals surface area contributed by atoms with E-state index in [2.05, 4.69) is 5.32 Å². The lowest BCUT2D eigenvalue weighted by Gasteiger charge is -2.50. The second-order valence-corrected chi connectivity index (χ2v) is 16.7. The number of nitrogens with one attached hydrogen (secondary N) is 1. The van der Waals surface area contributed by atoms with E-state index >= 15 is 0 Å². The zero-order chi connectivity index (χ0) is 47.5. The average molecular weight is 952 g/mol. The minimum absolute atomic E-state index is 0.00636. The van der Waals surface area contributed by atoms with Crippen LogP contribution in [-0.2, 0) is 94.8 Å². The monoisotopic (exact) mass is 951 g/mol. The predicted octanol–water partition coefficient (Wildman–Crippen LogP) is 7.23. The van der Waals surface area contributed by atoms with Crippen LogP contribution in [0, 0.1) is 0 Å². The normalized spacial score (nSPS) is 24.7. The predicted molar refractivity (Wildman–Crippen MR) is 249 cm³/mol. The Balaban J connectivity index is 1.28. The average Bonchev–Trinajstić information content (AvgIpc) is 3.36. The van der Waals surface area contributed by atoms with Crippen LogP contribution in [0.15, 0.2) is 152 Å². The van der Waals surface area contributed by atoms with Crippen molar-refractivity contribution in [2.75, 3.05) is 19.1 Å². The van der Waals surface area contributed by atoms with Crippen molar-refractivity contribution in [3.63, 3.8) is 0 Å². The lowest BCUT2D eigenvalue weighted by Crippen LogP contribution is -2.69. The van der Waals surface area contributed by atoms with Gasteiger partial charge in [-0.3, -0.25) is 14.4 Å². The summed E-state index contributed by atoms with van der Waals surface area (Å²) in [4.78, 5) is 39.7. The van der Waals surface area contributed by atoms with Crippen LogP contribution in [-0.4, -0.2) is 98.3 Å². The minimum atomic E-state index is -1.50. The number of alkyl halides is 1. The van der Waals surface area contributed by atoms with Gasteiger partial charge in [0.2, 0.25) is 5.91 Å². The highest BCUT2D eigenvalue weighted by molar-refractivity contribution is 6.26. The summed E-state index contributed by atoms with van der Waals surface area (Å²) in [5.41, 5.74) is 4.36. The highest BCUT2D eigenvalue weighted by Gasteiger charge is 2.56. The maximum atomic E-state index is 13.3. The number of carbonyl (C=O) groups excluding carboxylic acids is 3. The smallest absolute Gasteiger partial charge is 0.321 e. The molecule has 0 spiro atoms. The lowest BCUT2D eigenvalue weighted by atomic mass is 9.94. The molecule has 2 aliphatic heterocycles. The molecule has 10 atom stereocenters. The Morgan fingerprint density at radius 2 is 0.882 bits per heavy atom. The molecule has 14 nitrogen and oxygen atoms in total. The first-order valence-corrected chi connectivity index (χ1v) is 23.1. The third kappa shape index (κ3) is 15.0. The van der Waals surface area contributed by atoms with E-state index in [1.807, 2.05) is 152 Å². The summed E-state index contributed by atoms with van der Waals surface area (Å²) in [6.45, 7) is 3.27. The van der Waals surface area contributed by atoms with Gasteiger partial charge in [-0.15, -0.1) is 11.6 Å². The van der Waals surface area contributed by atoms with Crippen molar-refractivity contribution in [3.05, 3.63) is 179 Å². The third-order valence-electron chi connectivity index (χ3n) is 11.2. The second-order valence-electron chi connectivity index (χ2n) is 16.4. The molecule has 2 heterocycles. The number of hydrogen-bond donors (Lipinski definition) is 1. The fraction of sp³-hybridized carbons (Fsp3) is 0.377. The molecule has 5 aromatic rings. The van der Waals surface area contributed by atoms with E-state index in [4.69, 9.17) is 59.0 Å². The number of ether oxygens (including phenoxy) is 10. The Bertz CT molecular complexity index is 2260. The van der Waals surface area contributed by atoms with Crippen LogP contribution in [0.25, 0.3) is 0 Å². The molecule has 5 aromatic carbocycles. The van der Waals surface area contributed by atoms with Gasteiger partial charge in [0.25, 0.3) is 0 Å². The zero-order valence-electron chi connectivity index (χ0n) is 38.0. The van der Waals surface area contributed by atoms with Gasteiger partial charge in [-0.2, -0.15) is 0 Å². The van der Waals surface area contributed by atoms with Gasteiger partial charge in [-0.25, -0.2) is 0 Å². The minimum Gasteiger partial charge on any atom is -0.454 e. The van der Waals surface area contributed by atoms with Crippen molar-refractivity contribution in [2.45, 2.75) is 108 Å². The van der Waals surface area contributed by atoms with Crippen LogP contribution < -0.4 is 5.32 Å². The largest absolute Gasteiger partial charge is 0.454 e. The zero-order valence-corrected chi connectivity index (χ0v) is 38.8. The molecule has 2 fully saturated rings. The van der Waals surface area contributed by atoms with E-state index in [1.165, 1.54) is 13.8 Å². The number of halogens is 1. The second kappa shape index (κ2) is 26.3. The van der Waals surface area contributed by atoms with Crippen molar-refractivity contribution in [1.82, 2.24) is 5.32 Å². The summed E-state index contributed by atoms with van der Waals surface area (Å²) in [5.74, 6) is -2.46. The van der Waals surface area contributed by atoms with Crippen LogP contribution >= 0.6 is 11.6 Å². The Morgan fingerprint density at radius 1 is 0.485 bits per heavy atom. The Labute approximate surface area is 402 Å². The fourth-order valence-corrected chi connectivity index (χ4v) is 8.13. The lowest BCUT2D eigenvalue weighted by molar-refractivity contribution is -0.355. The molecule has 360 valence electrons. The van der Waals surface area contributed by atoms with Crippen molar-refractivity contribution < 1.29 is 61.8 Å². The molecule has 2 aliphatic rings. The van der Waals surface area contributed by atoms with Crippen molar-refractivity contribution in [1.29, 1.82) is 0 Å². The molecule has 1 amide bonds. The molecule has 0 bridgehead atoms. The van der Waals surface area contributed by atoms with Crippen LogP contribution in [0.4, 0.5) is 0 Å². The molecule has 15 heteroatoms. The standard InChI is InChI=1S/C53H58ClNO13/c1-36(56)55-46-49(47(61-31-40-22-12-5-13-23-40)43(34-59-29-38-18-8-3-9-19-38)65-52(46)63-33-42-26-16-7-17-27-42)68-53-51(64-37(2)57)50(67-45(58)28-54)48(62-32-41-24-14-6-15-25-41)44(66-53)35-60-30-39-20-10-4-11-21-39/h3-27,43-44,46-53H,28-35H2,1-2H3,(H,55,56)/t43-,44-,46-,47-,48+,49-,50+,51-,52+,53+/m1/s1. The van der Waals surface area contributed by atoms with Gasteiger partial charge >= 0.3 is 11.9 Å². The molecular weight excluding hydrogens is 894 g/mol. The Kier molecular flexibility index (Phi) is 19.5. The van der Waals surface area contributed by atoms with Gasteiger partial charge in [-0.05, 0) is 27.8 Å². The van der Waals surface area contributed by atoms with Crippen LogP contribution in [0.2, 0.25) is 0 Å². The molecule has 0 aliphatic carbocycles. The molecule has 0 aromatic heterocycles. The Morgan fingerprint density at radius 3 is 1.29 bits per heavy atom. The van der Waals surface area contributed by atoms with E-state index in [0.29, 0.717) is 0 Å². The summed E-state index contributed by atoms with van der Waals surface area (Å²) in [6.07, 6.45) is -10.5. The van der Waals surface area contributed by atoms with E-state index < -0.39 is 85.1 Å². The first kappa shape index (κ1) is 50.4. The number of esters is 2. The number of benzene rings is 5. The van der Waals surface area contributed by atoms with Gasteiger partial charge in [0.05, 0.1) is 46.2 Å². The molecule has 0 radical (unpaired) electrons. The maximum Gasteiger partial charge on any atom is 0.321 e. The number of amides is 1. The summed E-state index contributed by atoms with van der Waals surface area (Å²) in [6, 6.07) is 46.7. The first-order valence-electron chi connectivity index (χ1n) is 22.6. The highest BCUT2D eigenvalue weighted by atomic mass is 35.5. The van der Waals surface area contributed by atoms with E-state index in [-0.39, 0.29) is 46.2 Å². The van der Waals surface area contributed by atoms with E-state index in [1.54, 1.807) is 0 Å². The summed E-state index contributed by atoms with van der Waals surface area (Å²) >= 11 is 6.08. The maximum absolute atomic E-state index is 13.3. The van der Waals surface area contributed by atoms with E-state index in [9.17, 15) is 14.4 Å². The molecule has 0 saturated carbocycles. The van der Waals surface area contributed by atoms with Gasteiger partial charge < -0.3 is 52.7 Å². The summed E-state index contributed by atoms with van der Waals surface area (Å²) < 4.78 is 65.2. The summed E-state index contributed by atoms with van der Waals surface area (Å²) in [5, 5.41) is 3.01. The molecule has 68 heavy (non-hydrogen) atoms. The number of carbonyl (C=O) groups is 3. The topological polar surface area (TPSA) is 156 Å². The Hall–Kier alpha value is -5.52. The van der Waals surface area contributed by atoms with Crippen LogP contribution in [0.1, 0.15) is 41.7 Å².